The number of benzene rings is 2. The van der Waals surface area contributed by atoms with Gasteiger partial charge < -0.3 is 15.4 Å². The van der Waals surface area contributed by atoms with Gasteiger partial charge in [0.1, 0.15) is 22.8 Å². The lowest BCUT2D eigenvalue weighted by atomic mass is 9.86. The van der Waals surface area contributed by atoms with E-state index in [1.165, 1.54) is 6.08 Å². The second kappa shape index (κ2) is 9.87. The number of hydrogen-bond acceptors (Lipinski definition) is 6. The third kappa shape index (κ3) is 4.45. The van der Waals surface area contributed by atoms with Crippen LogP contribution in [-0.4, -0.2) is 51.3 Å². The first-order chi connectivity index (χ1) is 17.5. The van der Waals surface area contributed by atoms with Gasteiger partial charge in [-0.25, -0.2) is 9.75 Å². The van der Waals surface area contributed by atoms with Crippen molar-refractivity contribution in [3.63, 3.8) is 0 Å². The molecule has 36 heavy (non-hydrogen) atoms. The molecule has 1 aromatic heterocycles. The molecule has 1 atom stereocenters. The number of carbonyl (C=O) groups excluding carboxylic acids is 2. The van der Waals surface area contributed by atoms with Crippen LogP contribution in [0.1, 0.15) is 35.7 Å². The quantitative estimate of drug-likeness (QED) is 0.508. The summed E-state index contributed by atoms with van der Waals surface area (Å²) in [4.78, 5) is 26.4. The van der Waals surface area contributed by atoms with Crippen LogP contribution in [0.25, 0.3) is 11.3 Å². The topological polar surface area (TPSA) is 114 Å². The Kier molecular flexibility index (Phi) is 6.47. The molecular weight excluding hydrogens is 458 g/mol. The lowest BCUT2D eigenvalue weighted by Crippen LogP contribution is -2.42. The van der Waals surface area contributed by atoms with Gasteiger partial charge in [-0.05, 0) is 67.7 Å². The summed E-state index contributed by atoms with van der Waals surface area (Å²) in [7, 11) is 0. The molecule has 9 nitrogen and oxygen atoms in total. The number of hydrogen-bond donors (Lipinski definition) is 2. The summed E-state index contributed by atoms with van der Waals surface area (Å²) in [5.41, 5.74) is 7.11. The van der Waals surface area contributed by atoms with Crippen molar-refractivity contribution in [2.24, 2.45) is 11.7 Å². The van der Waals surface area contributed by atoms with E-state index in [1.807, 2.05) is 54.6 Å². The largest absolute Gasteiger partial charge is 0.457 e. The van der Waals surface area contributed by atoms with Crippen LogP contribution in [0.2, 0.25) is 0 Å². The molecule has 1 fully saturated rings. The van der Waals surface area contributed by atoms with Crippen LogP contribution >= 0.6 is 0 Å². The Morgan fingerprint density at radius 2 is 1.67 bits per heavy atom. The smallest absolute Gasteiger partial charge is 0.254 e. The Morgan fingerprint density at radius 1 is 1.00 bits per heavy atom. The van der Waals surface area contributed by atoms with E-state index in [-0.39, 0.29) is 23.4 Å². The summed E-state index contributed by atoms with van der Waals surface area (Å²) >= 11 is 0. The number of hydroxylamine groups is 1. The lowest BCUT2D eigenvalue weighted by molar-refractivity contribution is -0.127. The van der Waals surface area contributed by atoms with Gasteiger partial charge >= 0.3 is 0 Å². The van der Waals surface area contributed by atoms with Gasteiger partial charge in [0.25, 0.3) is 5.91 Å². The maximum absolute atomic E-state index is 12.6. The normalized spacial score (nSPS) is 18.0. The molecule has 5 rings (SSSR count). The lowest BCUT2D eigenvalue weighted by Gasteiger charge is -2.39. The van der Waals surface area contributed by atoms with Gasteiger partial charge in [0.2, 0.25) is 5.91 Å². The van der Waals surface area contributed by atoms with Gasteiger partial charge in [0.05, 0.1) is 6.04 Å². The van der Waals surface area contributed by atoms with Gasteiger partial charge in [-0.1, -0.05) is 24.8 Å². The maximum Gasteiger partial charge on any atom is 0.254 e. The predicted molar refractivity (Wildman–Crippen MR) is 135 cm³/mol. The fourth-order valence-electron chi connectivity index (χ4n) is 5.19. The zero-order valence-corrected chi connectivity index (χ0v) is 19.9. The van der Waals surface area contributed by atoms with Crippen molar-refractivity contribution in [1.82, 2.24) is 14.7 Å². The van der Waals surface area contributed by atoms with Gasteiger partial charge in [-0.3, -0.25) is 14.8 Å². The molecular formula is C27H29N5O4. The molecule has 2 amide bonds. The molecule has 186 valence electrons. The SMILES string of the molecule is C=CC(=O)N1CCC([C@@H]2CCN(O)c3c(C(N)=O)c(-c4ccc(Oc5ccccc5)cc4)nn32)CC1. The molecule has 2 aromatic carbocycles. The first kappa shape index (κ1) is 23.6. The Hall–Kier alpha value is -4.11. The molecule has 2 aliphatic heterocycles. The van der Waals surface area contributed by atoms with Crippen molar-refractivity contribution in [3.8, 4) is 22.8 Å². The number of likely N-dealkylation sites (tertiary alicyclic amines) is 1. The Labute approximate surface area is 209 Å². The Balaban J connectivity index is 1.44. The summed E-state index contributed by atoms with van der Waals surface area (Å²) < 4.78 is 7.63. The number of rotatable bonds is 6. The molecule has 0 bridgehead atoms. The first-order valence-corrected chi connectivity index (χ1v) is 12.1. The highest BCUT2D eigenvalue weighted by Crippen LogP contribution is 2.41. The van der Waals surface area contributed by atoms with Gasteiger partial charge in [0, 0.05) is 25.2 Å². The van der Waals surface area contributed by atoms with Crippen LogP contribution in [0.3, 0.4) is 0 Å². The summed E-state index contributed by atoms with van der Waals surface area (Å²) in [5.74, 6) is 1.24. The highest BCUT2D eigenvalue weighted by atomic mass is 16.5. The number of para-hydroxylation sites is 1. The minimum atomic E-state index is -0.651. The molecule has 0 saturated carbocycles. The van der Waals surface area contributed by atoms with E-state index in [1.54, 1.807) is 9.58 Å². The molecule has 3 aromatic rings. The zero-order chi connectivity index (χ0) is 25.2. The standard InChI is InChI=1S/C27H29N5O4/c1-2-23(33)30-15-12-18(13-16-30)22-14-17-31(35)27-24(26(28)34)25(29-32(22)27)19-8-10-21(11-9-19)36-20-6-4-3-5-7-20/h2-11,18,22,35H,1,12-17H2,(H2,28,34)/t22-/m0/s1. The number of nitrogens with zero attached hydrogens (tertiary/aromatic N) is 4. The number of aromatic nitrogens is 2. The van der Waals surface area contributed by atoms with Gasteiger partial charge in [-0.2, -0.15) is 5.10 Å². The van der Waals surface area contributed by atoms with E-state index < -0.39 is 5.91 Å². The van der Waals surface area contributed by atoms with Crippen molar-refractivity contribution in [1.29, 1.82) is 0 Å². The number of primary amides is 1. The Bertz CT molecular complexity index is 1260. The summed E-state index contributed by atoms with van der Waals surface area (Å²) in [6.07, 6.45) is 3.63. The second-order valence-electron chi connectivity index (χ2n) is 9.14. The van der Waals surface area contributed by atoms with Crippen LogP contribution in [0, 0.1) is 5.92 Å². The summed E-state index contributed by atoms with van der Waals surface area (Å²) in [5, 5.41) is 16.6. The van der Waals surface area contributed by atoms with Crippen molar-refractivity contribution < 1.29 is 19.5 Å². The maximum atomic E-state index is 12.6. The second-order valence-corrected chi connectivity index (χ2v) is 9.14. The fraction of sp³-hybridized carbons (Fsp3) is 0.296. The van der Waals surface area contributed by atoms with Crippen LogP contribution in [0.15, 0.2) is 67.3 Å². The molecule has 0 aliphatic carbocycles. The number of piperidine rings is 1. The Morgan fingerprint density at radius 3 is 2.31 bits per heavy atom. The predicted octanol–water partition coefficient (Wildman–Crippen LogP) is 4.01. The molecule has 9 heteroatoms. The van der Waals surface area contributed by atoms with Crippen molar-refractivity contribution in [2.45, 2.75) is 25.3 Å². The molecule has 1 saturated heterocycles. The van der Waals surface area contributed by atoms with E-state index in [9.17, 15) is 14.8 Å². The van der Waals surface area contributed by atoms with E-state index >= 15 is 0 Å². The first-order valence-electron chi connectivity index (χ1n) is 12.1. The van der Waals surface area contributed by atoms with E-state index in [2.05, 4.69) is 6.58 Å². The number of nitrogens with two attached hydrogens (primary N) is 1. The van der Waals surface area contributed by atoms with Crippen molar-refractivity contribution in [3.05, 3.63) is 72.8 Å². The van der Waals surface area contributed by atoms with Crippen molar-refractivity contribution in [2.75, 3.05) is 24.7 Å². The third-order valence-electron chi connectivity index (χ3n) is 7.00. The number of fused-ring (bicyclic) bond motifs is 1. The van der Waals surface area contributed by atoms with Crippen LogP contribution in [0.4, 0.5) is 5.82 Å². The van der Waals surface area contributed by atoms with Gasteiger partial charge in [0.15, 0.2) is 5.82 Å². The van der Waals surface area contributed by atoms with E-state index in [0.717, 1.165) is 23.7 Å². The summed E-state index contributed by atoms with van der Waals surface area (Å²) in [6, 6.07) is 16.7. The third-order valence-corrected chi connectivity index (χ3v) is 7.00. The van der Waals surface area contributed by atoms with E-state index in [0.29, 0.717) is 48.9 Å². The monoisotopic (exact) mass is 487 g/mol. The highest BCUT2D eigenvalue weighted by Gasteiger charge is 2.38. The van der Waals surface area contributed by atoms with E-state index in [4.69, 9.17) is 15.6 Å². The number of amides is 2. The van der Waals surface area contributed by atoms with Gasteiger partial charge in [-0.15, -0.1) is 0 Å². The average molecular weight is 488 g/mol. The molecule has 0 radical (unpaired) electrons. The van der Waals surface area contributed by atoms with Crippen LogP contribution in [0.5, 0.6) is 11.5 Å². The molecule has 0 spiro atoms. The fourth-order valence-corrected chi connectivity index (χ4v) is 5.19. The number of carbonyl (C=O) groups is 2. The molecule has 3 heterocycles. The molecule has 2 aliphatic rings. The minimum Gasteiger partial charge on any atom is -0.457 e. The zero-order valence-electron chi connectivity index (χ0n) is 19.9. The summed E-state index contributed by atoms with van der Waals surface area (Å²) in [6.45, 7) is 5.23. The minimum absolute atomic E-state index is 0.0167. The number of anilines is 1. The highest BCUT2D eigenvalue weighted by molar-refractivity contribution is 6.03. The van der Waals surface area contributed by atoms with Crippen LogP contribution in [-0.2, 0) is 4.79 Å². The number of ether oxygens (including phenoxy) is 1. The van der Waals surface area contributed by atoms with Crippen molar-refractivity contribution >= 4 is 17.6 Å². The van der Waals surface area contributed by atoms with Crippen LogP contribution < -0.4 is 15.5 Å². The molecule has 3 N–H and O–H groups in total. The molecule has 0 unspecified atom stereocenters. The average Bonchev–Trinajstić information content (AvgIpc) is 3.32.